The molecule has 2 aromatic carbocycles. The molecule has 27 heavy (non-hydrogen) atoms. The largest absolute Gasteiger partial charge is 0.489 e. The number of carbonyl (C=O) groups is 1. The van der Waals surface area contributed by atoms with Crippen LogP contribution in [0.4, 0.5) is 17.6 Å². The fourth-order valence-electron chi connectivity index (χ4n) is 2.21. The molecular weight excluding hydrogens is 364 g/mol. The van der Waals surface area contributed by atoms with Gasteiger partial charge in [0.2, 0.25) is 0 Å². The Labute approximate surface area is 154 Å². The van der Waals surface area contributed by atoms with Crippen molar-refractivity contribution >= 4 is 5.97 Å². The van der Waals surface area contributed by atoms with E-state index in [-0.39, 0.29) is 12.2 Å². The number of ether oxygens (including phenoxy) is 2. The standard InChI is InChI=1S/C20H20F4O3/c1-13(2)15-6-8-17(9-7-15)26-11-14-4-3-5-16(10-14)18(25)27-12-20(23,24)19(21)22/h3-10,13,19H,11-12H2,1-2H3. The molecule has 3 nitrogen and oxygen atoms in total. The third-order valence-electron chi connectivity index (χ3n) is 3.83. The summed E-state index contributed by atoms with van der Waals surface area (Å²) < 4.78 is 59.8. The van der Waals surface area contributed by atoms with Crippen LogP contribution in [0.1, 0.15) is 41.3 Å². The average Bonchev–Trinajstić information content (AvgIpc) is 2.65. The lowest BCUT2D eigenvalue weighted by atomic mass is 10.0. The normalized spacial score (nSPS) is 11.7. The molecule has 0 saturated carbocycles. The molecular formula is C20H20F4O3. The first-order valence-corrected chi connectivity index (χ1v) is 8.34. The third kappa shape index (κ3) is 5.98. The van der Waals surface area contributed by atoms with Crippen LogP contribution in [-0.2, 0) is 11.3 Å². The van der Waals surface area contributed by atoms with E-state index in [0.29, 0.717) is 17.2 Å². The van der Waals surface area contributed by atoms with Gasteiger partial charge in [-0.25, -0.2) is 13.6 Å². The number of benzene rings is 2. The van der Waals surface area contributed by atoms with Gasteiger partial charge in [-0.15, -0.1) is 0 Å². The van der Waals surface area contributed by atoms with Crippen molar-refractivity contribution < 1.29 is 31.8 Å². The quantitative estimate of drug-likeness (QED) is 0.449. The first kappa shape index (κ1) is 20.7. The van der Waals surface area contributed by atoms with Gasteiger partial charge in [0.25, 0.3) is 0 Å². The zero-order valence-electron chi connectivity index (χ0n) is 14.9. The summed E-state index contributed by atoms with van der Waals surface area (Å²) in [7, 11) is 0. The van der Waals surface area contributed by atoms with E-state index >= 15 is 0 Å². The van der Waals surface area contributed by atoms with Crippen molar-refractivity contribution in [1.82, 2.24) is 0 Å². The minimum absolute atomic E-state index is 0.0173. The number of halogens is 4. The molecule has 0 saturated heterocycles. The highest BCUT2D eigenvalue weighted by molar-refractivity contribution is 5.89. The van der Waals surface area contributed by atoms with E-state index in [0.717, 1.165) is 0 Å². The molecule has 0 aromatic heterocycles. The second-order valence-electron chi connectivity index (χ2n) is 6.35. The minimum Gasteiger partial charge on any atom is -0.489 e. The van der Waals surface area contributed by atoms with Crippen LogP contribution in [0.3, 0.4) is 0 Å². The van der Waals surface area contributed by atoms with Crippen LogP contribution in [0.25, 0.3) is 0 Å². The number of hydrogen-bond donors (Lipinski definition) is 0. The molecule has 0 heterocycles. The Morgan fingerprint density at radius 1 is 1.07 bits per heavy atom. The highest BCUT2D eigenvalue weighted by atomic mass is 19.3. The highest BCUT2D eigenvalue weighted by Crippen LogP contribution is 2.24. The predicted molar refractivity (Wildman–Crippen MR) is 92.5 cm³/mol. The fraction of sp³-hybridized carbons (Fsp3) is 0.350. The number of hydrogen-bond acceptors (Lipinski definition) is 3. The van der Waals surface area contributed by atoms with Crippen LogP contribution in [-0.4, -0.2) is 24.9 Å². The summed E-state index contributed by atoms with van der Waals surface area (Å²) in [6.45, 7) is 2.64. The van der Waals surface area contributed by atoms with E-state index in [1.807, 2.05) is 24.3 Å². The lowest BCUT2D eigenvalue weighted by molar-refractivity contribution is -0.155. The van der Waals surface area contributed by atoms with Crippen molar-refractivity contribution in [2.24, 2.45) is 0 Å². The Morgan fingerprint density at radius 3 is 2.33 bits per heavy atom. The molecule has 0 N–H and O–H groups in total. The van der Waals surface area contributed by atoms with Crippen molar-refractivity contribution in [2.75, 3.05) is 6.61 Å². The van der Waals surface area contributed by atoms with Gasteiger partial charge >= 0.3 is 18.3 Å². The van der Waals surface area contributed by atoms with Gasteiger partial charge < -0.3 is 9.47 Å². The Balaban J connectivity index is 1.95. The summed E-state index contributed by atoms with van der Waals surface area (Å²) in [4.78, 5) is 11.8. The predicted octanol–water partition coefficient (Wildman–Crippen LogP) is 5.45. The molecule has 0 bridgehead atoms. The van der Waals surface area contributed by atoms with Gasteiger partial charge in [0.1, 0.15) is 12.4 Å². The molecule has 7 heteroatoms. The molecule has 0 amide bonds. The van der Waals surface area contributed by atoms with Gasteiger partial charge in [-0.2, -0.15) is 8.78 Å². The van der Waals surface area contributed by atoms with Crippen molar-refractivity contribution in [2.45, 2.75) is 38.7 Å². The fourth-order valence-corrected chi connectivity index (χ4v) is 2.21. The number of esters is 1. The van der Waals surface area contributed by atoms with Crippen LogP contribution in [0.15, 0.2) is 48.5 Å². The maximum absolute atomic E-state index is 12.8. The van der Waals surface area contributed by atoms with Crippen molar-refractivity contribution in [3.05, 3.63) is 65.2 Å². The minimum atomic E-state index is -4.38. The Morgan fingerprint density at radius 2 is 1.74 bits per heavy atom. The van der Waals surface area contributed by atoms with Gasteiger partial charge in [0, 0.05) is 0 Å². The van der Waals surface area contributed by atoms with Crippen molar-refractivity contribution in [3.63, 3.8) is 0 Å². The van der Waals surface area contributed by atoms with E-state index < -0.39 is 24.9 Å². The van der Waals surface area contributed by atoms with Gasteiger partial charge in [-0.05, 0) is 41.3 Å². The van der Waals surface area contributed by atoms with Gasteiger partial charge in [0.15, 0.2) is 6.61 Å². The molecule has 0 atom stereocenters. The second kappa shape index (κ2) is 8.88. The van der Waals surface area contributed by atoms with Crippen LogP contribution in [0.2, 0.25) is 0 Å². The smallest absolute Gasteiger partial charge is 0.340 e. The van der Waals surface area contributed by atoms with Crippen molar-refractivity contribution in [3.8, 4) is 5.75 Å². The summed E-state index contributed by atoms with van der Waals surface area (Å²) in [5, 5.41) is 0. The summed E-state index contributed by atoms with van der Waals surface area (Å²) in [6, 6.07) is 13.6. The maximum Gasteiger partial charge on any atom is 0.340 e. The topological polar surface area (TPSA) is 35.5 Å². The van der Waals surface area contributed by atoms with Crippen LogP contribution in [0, 0.1) is 0 Å². The summed E-state index contributed by atoms with van der Waals surface area (Å²) >= 11 is 0. The third-order valence-corrected chi connectivity index (χ3v) is 3.83. The summed E-state index contributed by atoms with van der Waals surface area (Å²) in [5.41, 5.74) is 1.77. The number of rotatable bonds is 8. The van der Waals surface area contributed by atoms with E-state index in [1.54, 1.807) is 6.07 Å². The molecule has 2 rings (SSSR count). The maximum atomic E-state index is 12.8. The van der Waals surface area contributed by atoms with Gasteiger partial charge in [-0.3, -0.25) is 0 Å². The van der Waals surface area contributed by atoms with Crippen LogP contribution >= 0.6 is 0 Å². The molecule has 0 unspecified atom stereocenters. The molecule has 0 aliphatic carbocycles. The summed E-state index contributed by atoms with van der Waals surface area (Å²) in [5.74, 6) is -4.43. The molecule has 0 radical (unpaired) electrons. The van der Waals surface area contributed by atoms with Crippen LogP contribution < -0.4 is 4.74 Å². The van der Waals surface area contributed by atoms with E-state index in [9.17, 15) is 22.4 Å². The SMILES string of the molecule is CC(C)c1ccc(OCc2cccc(C(=O)OCC(F)(F)C(F)F)c2)cc1. The first-order valence-electron chi connectivity index (χ1n) is 8.34. The monoisotopic (exact) mass is 384 g/mol. The second-order valence-corrected chi connectivity index (χ2v) is 6.35. The van der Waals surface area contributed by atoms with Gasteiger partial charge in [-0.1, -0.05) is 38.1 Å². The van der Waals surface area contributed by atoms with E-state index in [2.05, 4.69) is 18.6 Å². The lowest BCUT2D eigenvalue weighted by Crippen LogP contribution is -2.33. The lowest BCUT2D eigenvalue weighted by Gasteiger charge is -2.15. The average molecular weight is 384 g/mol. The molecule has 0 spiro atoms. The molecule has 0 fully saturated rings. The van der Waals surface area contributed by atoms with Gasteiger partial charge in [0.05, 0.1) is 5.56 Å². The zero-order valence-corrected chi connectivity index (χ0v) is 14.9. The number of alkyl halides is 4. The van der Waals surface area contributed by atoms with Crippen molar-refractivity contribution in [1.29, 1.82) is 0 Å². The zero-order chi connectivity index (χ0) is 20.0. The van der Waals surface area contributed by atoms with E-state index in [1.165, 1.54) is 23.8 Å². The number of carbonyl (C=O) groups excluding carboxylic acids is 1. The Bertz CT molecular complexity index is 758. The van der Waals surface area contributed by atoms with Crippen LogP contribution in [0.5, 0.6) is 5.75 Å². The molecule has 0 aliphatic heterocycles. The molecule has 0 aliphatic rings. The summed E-state index contributed by atoms with van der Waals surface area (Å²) in [6.07, 6.45) is -3.90. The Hall–Kier alpha value is -2.57. The first-order chi connectivity index (χ1) is 12.7. The molecule has 2 aromatic rings. The van der Waals surface area contributed by atoms with E-state index in [4.69, 9.17) is 4.74 Å². The molecule has 146 valence electrons. The Kier molecular flexibility index (Phi) is 6.82. The highest BCUT2D eigenvalue weighted by Gasteiger charge is 2.42.